The van der Waals surface area contributed by atoms with Crippen LogP contribution in [0.25, 0.3) is 0 Å². The molecule has 5 heteroatoms. The molecule has 1 aliphatic carbocycles. The van der Waals surface area contributed by atoms with Gasteiger partial charge in [-0.1, -0.05) is 6.07 Å². The van der Waals surface area contributed by atoms with Crippen molar-refractivity contribution in [2.24, 2.45) is 11.8 Å². The maximum atomic E-state index is 13.8. The lowest BCUT2D eigenvalue weighted by atomic mass is 9.97. The Morgan fingerprint density at radius 2 is 2.23 bits per heavy atom. The van der Waals surface area contributed by atoms with Gasteiger partial charge in [-0.15, -0.1) is 0 Å². The Bertz CT molecular complexity index is 562. The number of benzene rings is 1. The van der Waals surface area contributed by atoms with Crippen LogP contribution in [0.5, 0.6) is 0 Å². The lowest BCUT2D eigenvalue weighted by Crippen LogP contribution is -2.43. The minimum Gasteiger partial charge on any atom is -0.342 e. The Kier molecular flexibility index (Phi) is 4.43. The zero-order valence-electron chi connectivity index (χ0n) is 12.8. The zero-order valence-corrected chi connectivity index (χ0v) is 12.8. The summed E-state index contributed by atoms with van der Waals surface area (Å²) in [6, 6.07) is 3.64. The molecule has 3 nitrogen and oxygen atoms in total. The van der Waals surface area contributed by atoms with Crippen molar-refractivity contribution in [2.75, 3.05) is 26.7 Å². The number of nitrogens with zero attached hydrogens (tertiary/aromatic N) is 1. The van der Waals surface area contributed by atoms with Gasteiger partial charge in [0.1, 0.15) is 11.6 Å². The molecule has 1 saturated carbocycles. The molecule has 1 aromatic rings. The van der Waals surface area contributed by atoms with Gasteiger partial charge < -0.3 is 10.2 Å². The van der Waals surface area contributed by atoms with Gasteiger partial charge >= 0.3 is 0 Å². The second kappa shape index (κ2) is 6.32. The van der Waals surface area contributed by atoms with E-state index in [2.05, 4.69) is 5.32 Å². The van der Waals surface area contributed by atoms with Crippen molar-refractivity contribution in [1.29, 1.82) is 0 Å². The minimum absolute atomic E-state index is 0.0854. The number of piperidine rings is 1. The highest BCUT2D eigenvalue weighted by atomic mass is 19.1. The molecule has 2 aliphatic rings. The number of carbonyl (C=O) groups is 1. The lowest BCUT2D eigenvalue weighted by molar-refractivity contribution is -0.134. The van der Waals surface area contributed by atoms with Gasteiger partial charge in [-0.2, -0.15) is 0 Å². The molecule has 0 aromatic heterocycles. The van der Waals surface area contributed by atoms with Crippen molar-refractivity contribution in [2.45, 2.75) is 25.2 Å². The van der Waals surface area contributed by atoms with Crippen LogP contribution < -0.4 is 5.32 Å². The average Bonchev–Trinajstić information content (AvgIpc) is 3.27. The van der Waals surface area contributed by atoms with Gasteiger partial charge in [0.05, 0.1) is 0 Å². The number of nitrogens with one attached hydrogen (secondary N) is 1. The summed E-state index contributed by atoms with van der Waals surface area (Å²) in [6.07, 6.45) is 2.85. The van der Waals surface area contributed by atoms with E-state index in [-0.39, 0.29) is 17.7 Å². The molecule has 1 amide bonds. The van der Waals surface area contributed by atoms with Gasteiger partial charge in [-0.05, 0) is 56.3 Å². The number of rotatable bonds is 4. The van der Waals surface area contributed by atoms with Crippen LogP contribution in [0, 0.1) is 23.5 Å². The van der Waals surface area contributed by atoms with Crippen LogP contribution in [0.1, 0.15) is 30.7 Å². The summed E-state index contributed by atoms with van der Waals surface area (Å²) in [7, 11) is 1.93. The van der Waals surface area contributed by atoms with E-state index in [9.17, 15) is 13.6 Å². The van der Waals surface area contributed by atoms with Crippen molar-refractivity contribution in [1.82, 2.24) is 10.2 Å². The number of carbonyl (C=O) groups excluding carboxylic acids is 1. The summed E-state index contributed by atoms with van der Waals surface area (Å²) in [4.78, 5) is 14.5. The molecule has 3 atom stereocenters. The van der Waals surface area contributed by atoms with E-state index in [1.807, 2.05) is 11.9 Å². The Morgan fingerprint density at radius 1 is 1.41 bits per heavy atom. The summed E-state index contributed by atoms with van der Waals surface area (Å²) in [5.41, 5.74) is 0.475. The van der Waals surface area contributed by atoms with Gasteiger partial charge in [-0.3, -0.25) is 4.79 Å². The van der Waals surface area contributed by atoms with Crippen LogP contribution in [-0.2, 0) is 4.79 Å². The Hall–Kier alpha value is -1.49. The quantitative estimate of drug-likeness (QED) is 0.927. The monoisotopic (exact) mass is 308 g/mol. The van der Waals surface area contributed by atoms with E-state index < -0.39 is 11.6 Å². The van der Waals surface area contributed by atoms with E-state index in [0.717, 1.165) is 38.5 Å². The zero-order chi connectivity index (χ0) is 15.7. The van der Waals surface area contributed by atoms with Gasteiger partial charge in [0.2, 0.25) is 5.91 Å². The van der Waals surface area contributed by atoms with Crippen LogP contribution in [0.2, 0.25) is 0 Å². The fourth-order valence-electron chi connectivity index (χ4n) is 3.57. The van der Waals surface area contributed by atoms with Gasteiger partial charge in [0.15, 0.2) is 0 Å². The molecular formula is C17H22F2N2O. The minimum atomic E-state index is -0.573. The molecule has 120 valence electrons. The van der Waals surface area contributed by atoms with Crippen LogP contribution in [0.3, 0.4) is 0 Å². The SMILES string of the molecule is CNCC1CCCN(C(=O)C2CC2c2ccc(F)cc2F)C1. The van der Waals surface area contributed by atoms with Crippen molar-refractivity contribution < 1.29 is 13.6 Å². The topological polar surface area (TPSA) is 32.3 Å². The van der Waals surface area contributed by atoms with Crippen molar-refractivity contribution in [3.8, 4) is 0 Å². The summed E-state index contributed by atoms with van der Waals surface area (Å²) in [5, 5.41) is 3.17. The lowest BCUT2D eigenvalue weighted by Gasteiger charge is -2.33. The largest absolute Gasteiger partial charge is 0.342 e. The maximum Gasteiger partial charge on any atom is 0.226 e. The summed E-state index contributed by atoms with van der Waals surface area (Å²) >= 11 is 0. The Balaban J connectivity index is 1.62. The molecule has 1 aromatic carbocycles. The number of hydrogen-bond acceptors (Lipinski definition) is 2. The van der Waals surface area contributed by atoms with Gasteiger partial charge in [0.25, 0.3) is 0 Å². The molecule has 2 fully saturated rings. The fourth-order valence-corrected chi connectivity index (χ4v) is 3.57. The normalized spacial score (nSPS) is 27.8. The molecule has 1 saturated heterocycles. The third kappa shape index (κ3) is 3.14. The molecule has 0 spiro atoms. The standard InChI is InChI=1S/C17H22F2N2O/c1-20-9-11-3-2-6-21(10-11)17(22)15-8-14(15)13-5-4-12(18)7-16(13)19/h4-5,7,11,14-15,20H,2-3,6,8-10H2,1H3. The molecule has 3 rings (SSSR count). The highest BCUT2D eigenvalue weighted by Gasteiger charge is 2.47. The number of likely N-dealkylation sites (tertiary alicyclic amines) is 1. The molecule has 1 N–H and O–H groups in total. The number of amides is 1. The maximum absolute atomic E-state index is 13.8. The third-order valence-corrected chi connectivity index (χ3v) is 4.79. The summed E-state index contributed by atoms with van der Waals surface area (Å²) < 4.78 is 26.8. The average molecular weight is 308 g/mol. The third-order valence-electron chi connectivity index (χ3n) is 4.79. The second-order valence-corrected chi connectivity index (χ2v) is 6.46. The van der Waals surface area contributed by atoms with Gasteiger partial charge in [0, 0.05) is 25.1 Å². The molecular weight excluding hydrogens is 286 g/mol. The molecule has 3 unspecified atom stereocenters. The predicted octanol–water partition coefficient (Wildman–Crippen LogP) is 2.53. The van der Waals surface area contributed by atoms with Crippen LogP contribution in [-0.4, -0.2) is 37.5 Å². The van der Waals surface area contributed by atoms with Crippen molar-refractivity contribution >= 4 is 5.91 Å². The summed E-state index contributed by atoms with van der Waals surface area (Å²) in [6.45, 7) is 2.51. The molecule has 1 aliphatic heterocycles. The molecule has 1 heterocycles. The highest BCUT2D eigenvalue weighted by molar-refractivity contribution is 5.83. The van der Waals surface area contributed by atoms with E-state index in [0.29, 0.717) is 17.9 Å². The first-order valence-electron chi connectivity index (χ1n) is 7.98. The Labute approximate surface area is 129 Å². The first-order chi connectivity index (χ1) is 10.6. The highest BCUT2D eigenvalue weighted by Crippen LogP contribution is 2.49. The van der Waals surface area contributed by atoms with Crippen molar-refractivity contribution in [3.05, 3.63) is 35.4 Å². The second-order valence-electron chi connectivity index (χ2n) is 6.46. The Morgan fingerprint density at radius 3 is 2.95 bits per heavy atom. The summed E-state index contributed by atoms with van der Waals surface area (Å²) in [5.74, 6) is -0.689. The number of halogens is 2. The van der Waals surface area contributed by atoms with E-state index in [1.54, 1.807) is 0 Å². The molecule has 0 radical (unpaired) electrons. The smallest absolute Gasteiger partial charge is 0.226 e. The van der Waals surface area contributed by atoms with E-state index in [1.165, 1.54) is 12.1 Å². The van der Waals surface area contributed by atoms with Crippen LogP contribution in [0.4, 0.5) is 8.78 Å². The van der Waals surface area contributed by atoms with E-state index >= 15 is 0 Å². The predicted molar refractivity (Wildman–Crippen MR) is 80.4 cm³/mol. The van der Waals surface area contributed by atoms with Gasteiger partial charge in [-0.25, -0.2) is 8.78 Å². The number of hydrogen-bond donors (Lipinski definition) is 1. The van der Waals surface area contributed by atoms with E-state index in [4.69, 9.17) is 0 Å². The first kappa shape index (κ1) is 15.4. The molecule has 0 bridgehead atoms. The van der Waals surface area contributed by atoms with Crippen molar-refractivity contribution in [3.63, 3.8) is 0 Å². The fraction of sp³-hybridized carbons (Fsp3) is 0.588. The van der Waals surface area contributed by atoms with Crippen LogP contribution >= 0.6 is 0 Å². The molecule has 22 heavy (non-hydrogen) atoms. The first-order valence-corrected chi connectivity index (χ1v) is 7.98. The van der Waals surface area contributed by atoms with Crippen LogP contribution in [0.15, 0.2) is 18.2 Å².